The van der Waals surface area contributed by atoms with Gasteiger partial charge in [0.25, 0.3) is 5.91 Å². The molecule has 34 heavy (non-hydrogen) atoms. The maximum Gasteiger partial charge on any atom is 0.263 e. The SMILES string of the molecule is CC(C)(C)c1ccc2c(c1)N(S(C)(=O)=O)C[C@@H](C(=O)NCC1(c3ccccc3)CCOCC1)O2. The highest BCUT2D eigenvalue weighted by Crippen LogP contribution is 2.39. The van der Waals surface area contributed by atoms with Gasteiger partial charge in [-0.2, -0.15) is 0 Å². The number of benzene rings is 2. The van der Waals surface area contributed by atoms with Gasteiger partial charge < -0.3 is 14.8 Å². The third-order valence-electron chi connectivity index (χ3n) is 6.82. The van der Waals surface area contributed by atoms with Crippen LogP contribution in [0.1, 0.15) is 44.7 Å². The fourth-order valence-corrected chi connectivity index (χ4v) is 5.57. The molecule has 0 aromatic heterocycles. The lowest BCUT2D eigenvalue weighted by molar-refractivity contribution is -0.128. The molecular formula is C26H34N2O5S. The van der Waals surface area contributed by atoms with Crippen molar-refractivity contribution in [2.45, 2.75) is 50.5 Å². The molecule has 2 aromatic rings. The van der Waals surface area contributed by atoms with Crippen molar-refractivity contribution < 1.29 is 22.7 Å². The smallest absolute Gasteiger partial charge is 0.263 e. The summed E-state index contributed by atoms with van der Waals surface area (Å²) in [7, 11) is -3.60. The molecular weight excluding hydrogens is 452 g/mol. The highest BCUT2D eigenvalue weighted by molar-refractivity contribution is 7.92. The van der Waals surface area contributed by atoms with Crippen molar-refractivity contribution in [3.05, 3.63) is 59.7 Å². The quantitative estimate of drug-likeness (QED) is 0.701. The second kappa shape index (κ2) is 9.23. The Morgan fingerprint density at radius 2 is 1.79 bits per heavy atom. The van der Waals surface area contributed by atoms with Crippen molar-refractivity contribution in [1.29, 1.82) is 0 Å². The first-order valence-electron chi connectivity index (χ1n) is 11.7. The van der Waals surface area contributed by atoms with E-state index in [4.69, 9.17) is 9.47 Å². The average molecular weight is 487 g/mol. The number of hydrogen-bond donors (Lipinski definition) is 1. The van der Waals surface area contributed by atoms with Crippen LogP contribution in [-0.4, -0.2) is 53.0 Å². The topological polar surface area (TPSA) is 84.9 Å². The largest absolute Gasteiger partial charge is 0.476 e. The molecule has 2 aliphatic rings. The standard InChI is InChI=1S/C26H34N2O5S/c1-25(2,3)20-10-11-22-21(16-20)28(34(4,30)31)17-23(33-22)24(29)27-18-26(12-14-32-15-13-26)19-8-6-5-7-9-19/h5-11,16,23H,12-15,17-18H2,1-4H3,(H,27,29)/t23-/m0/s1. The molecule has 1 saturated heterocycles. The summed E-state index contributed by atoms with van der Waals surface area (Å²) in [5.41, 5.74) is 2.27. The van der Waals surface area contributed by atoms with Gasteiger partial charge in [-0.25, -0.2) is 8.42 Å². The highest BCUT2D eigenvalue weighted by atomic mass is 32.2. The van der Waals surface area contributed by atoms with Crippen LogP contribution in [0, 0.1) is 0 Å². The predicted octanol–water partition coefficient (Wildman–Crippen LogP) is 3.38. The van der Waals surface area contributed by atoms with Crippen molar-refractivity contribution in [2.75, 3.05) is 36.9 Å². The summed E-state index contributed by atoms with van der Waals surface area (Å²) in [6.07, 6.45) is 1.83. The van der Waals surface area contributed by atoms with E-state index in [0.717, 1.165) is 24.7 Å². The van der Waals surface area contributed by atoms with E-state index in [1.54, 1.807) is 6.07 Å². The molecule has 184 valence electrons. The van der Waals surface area contributed by atoms with Crippen LogP contribution in [-0.2, 0) is 30.4 Å². The minimum absolute atomic E-state index is 0.0628. The van der Waals surface area contributed by atoms with E-state index < -0.39 is 16.1 Å². The minimum Gasteiger partial charge on any atom is -0.476 e. The Morgan fingerprint density at radius 1 is 1.12 bits per heavy atom. The molecule has 4 rings (SSSR count). The van der Waals surface area contributed by atoms with Gasteiger partial charge in [0, 0.05) is 25.2 Å². The number of nitrogens with one attached hydrogen (secondary N) is 1. The molecule has 0 radical (unpaired) electrons. The van der Waals surface area contributed by atoms with Crippen molar-refractivity contribution in [3.63, 3.8) is 0 Å². The van der Waals surface area contributed by atoms with Crippen LogP contribution in [0.25, 0.3) is 0 Å². The Hall–Kier alpha value is -2.58. The molecule has 0 spiro atoms. The van der Waals surface area contributed by atoms with Crippen LogP contribution in [0.5, 0.6) is 5.75 Å². The zero-order chi connectivity index (χ0) is 24.6. The second-order valence-corrected chi connectivity index (χ2v) is 12.2. The maximum atomic E-state index is 13.2. The van der Waals surface area contributed by atoms with E-state index in [9.17, 15) is 13.2 Å². The van der Waals surface area contributed by atoms with Gasteiger partial charge in [0.05, 0.1) is 18.5 Å². The Labute approximate surface area is 202 Å². The van der Waals surface area contributed by atoms with Crippen molar-refractivity contribution in [1.82, 2.24) is 5.32 Å². The van der Waals surface area contributed by atoms with Gasteiger partial charge in [0.2, 0.25) is 10.0 Å². The molecule has 1 fully saturated rings. The van der Waals surface area contributed by atoms with Gasteiger partial charge >= 0.3 is 0 Å². The van der Waals surface area contributed by atoms with Crippen LogP contribution in [0.4, 0.5) is 5.69 Å². The summed E-state index contributed by atoms with van der Waals surface area (Å²) in [6.45, 7) is 7.85. The number of carbonyl (C=O) groups excluding carboxylic acids is 1. The molecule has 1 atom stereocenters. The van der Waals surface area contributed by atoms with Crippen LogP contribution in [0.15, 0.2) is 48.5 Å². The van der Waals surface area contributed by atoms with Crippen LogP contribution in [0.2, 0.25) is 0 Å². The molecule has 1 N–H and O–H groups in total. The summed E-state index contributed by atoms with van der Waals surface area (Å²) in [5.74, 6) is 0.0784. The lowest BCUT2D eigenvalue weighted by Gasteiger charge is -2.39. The summed E-state index contributed by atoms with van der Waals surface area (Å²) >= 11 is 0. The molecule has 7 nitrogen and oxygen atoms in total. The van der Waals surface area contributed by atoms with E-state index in [0.29, 0.717) is 31.2 Å². The number of carbonyl (C=O) groups is 1. The number of rotatable bonds is 5. The molecule has 2 heterocycles. The molecule has 8 heteroatoms. The van der Waals surface area contributed by atoms with Gasteiger partial charge in [0.1, 0.15) is 5.75 Å². The van der Waals surface area contributed by atoms with Gasteiger partial charge in [0.15, 0.2) is 6.10 Å². The molecule has 2 aliphatic heterocycles. The summed E-state index contributed by atoms with van der Waals surface area (Å²) in [4.78, 5) is 13.2. The average Bonchev–Trinajstić information content (AvgIpc) is 2.81. The fraction of sp³-hybridized carbons (Fsp3) is 0.500. The van der Waals surface area contributed by atoms with E-state index in [-0.39, 0.29) is 23.3 Å². The Balaban J connectivity index is 1.56. The lowest BCUT2D eigenvalue weighted by atomic mass is 9.74. The van der Waals surface area contributed by atoms with Gasteiger partial charge in [-0.3, -0.25) is 9.10 Å². The normalized spacial score (nSPS) is 20.2. The summed E-state index contributed by atoms with van der Waals surface area (Å²) in [5, 5.41) is 3.06. The first kappa shape index (κ1) is 24.5. The van der Waals surface area contributed by atoms with Crippen LogP contribution < -0.4 is 14.4 Å². The van der Waals surface area contributed by atoms with E-state index >= 15 is 0 Å². The van der Waals surface area contributed by atoms with E-state index in [1.165, 1.54) is 9.87 Å². The van der Waals surface area contributed by atoms with Crippen molar-refractivity contribution in [2.24, 2.45) is 0 Å². The molecule has 0 bridgehead atoms. The van der Waals surface area contributed by atoms with Crippen LogP contribution in [0.3, 0.4) is 0 Å². The number of ether oxygens (including phenoxy) is 2. The second-order valence-electron chi connectivity index (χ2n) is 10.3. The molecule has 1 amide bonds. The highest BCUT2D eigenvalue weighted by Gasteiger charge is 2.39. The van der Waals surface area contributed by atoms with Gasteiger partial charge in [-0.15, -0.1) is 0 Å². The predicted molar refractivity (Wildman–Crippen MR) is 133 cm³/mol. The van der Waals surface area contributed by atoms with Crippen molar-refractivity contribution >= 4 is 21.6 Å². The fourth-order valence-electron chi connectivity index (χ4n) is 4.66. The summed E-state index contributed by atoms with van der Waals surface area (Å²) in [6, 6.07) is 15.7. The monoisotopic (exact) mass is 486 g/mol. The number of nitrogens with zero attached hydrogens (tertiary/aromatic N) is 1. The molecule has 0 unspecified atom stereocenters. The third-order valence-corrected chi connectivity index (χ3v) is 7.97. The van der Waals surface area contributed by atoms with Crippen molar-refractivity contribution in [3.8, 4) is 5.75 Å². The zero-order valence-corrected chi connectivity index (χ0v) is 21.2. The van der Waals surface area contributed by atoms with Crippen LogP contribution >= 0.6 is 0 Å². The number of amides is 1. The first-order valence-corrected chi connectivity index (χ1v) is 13.5. The Bertz CT molecular complexity index is 1140. The minimum atomic E-state index is -3.60. The van der Waals surface area contributed by atoms with E-state index in [1.807, 2.05) is 30.3 Å². The number of hydrogen-bond acceptors (Lipinski definition) is 5. The lowest BCUT2D eigenvalue weighted by Crippen LogP contribution is -2.53. The summed E-state index contributed by atoms with van der Waals surface area (Å²) < 4.78 is 38.2. The Kier molecular flexibility index (Phi) is 6.66. The molecule has 0 aliphatic carbocycles. The van der Waals surface area contributed by atoms with E-state index in [2.05, 4.69) is 38.2 Å². The van der Waals surface area contributed by atoms with Gasteiger partial charge in [-0.1, -0.05) is 57.2 Å². The maximum absolute atomic E-state index is 13.2. The Morgan fingerprint density at radius 3 is 2.41 bits per heavy atom. The third kappa shape index (κ3) is 5.08. The number of anilines is 1. The number of sulfonamides is 1. The zero-order valence-electron chi connectivity index (χ0n) is 20.3. The molecule has 0 saturated carbocycles. The first-order chi connectivity index (χ1) is 16.0. The number of fused-ring (bicyclic) bond motifs is 1. The molecule has 2 aromatic carbocycles. The van der Waals surface area contributed by atoms with Gasteiger partial charge in [-0.05, 0) is 41.5 Å².